The van der Waals surface area contributed by atoms with Crippen molar-refractivity contribution >= 4 is 22.0 Å². The Morgan fingerprint density at radius 1 is 1.67 bits per heavy atom. The molecule has 0 bridgehead atoms. The Morgan fingerprint density at radius 3 is 2.92 bits per heavy atom. The van der Waals surface area contributed by atoms with Gasteiger partial charge in [0.15, 0.2) is 0 Å². The van der Waals surface area contributed by atoms with E-state index in [9.17, 15) is 0 Å². The minimum absolute atomic E-state index is 0. The van der Waals surface area contributed by atoms with E-state index in [4.69, 9.17) is 7.74 Å². The third-order valence-corrected chi connectivity index (χ3v) is 2.06. The van der Waals surface area contributed by atoms with Gasteiger partial charge in [0.1, 0.15) is 0 Å². The average molecular weight is 199 g/mol. The number of hydrogen-bond donors (Lipinski definition) is 0. The molecule has 0 saturated heterocycles. The van der Waals surface area contributed by atoms with Crippen LogP contribution in [0.15, 0.2) is 23.8 Å². The van der Waals surface area contributed by atoms with E-state index in [0.29, 0.717) is 5.92 Å². The number of hydrogen-bond acceptors (Lipinski definition) is 0. The molecule has 0 aromatic carbocycles. The molecular formula is C8H11B3Co. The molecule has 0 fully saturated rings. The average Bonchev–Trinajstić information content (AvgIpc) is 2.52. The van der Waals surface area contributed by atoms with E-state index in [1.165, 1.54) is 5.57 Å². The smallest absolute Gasteiger partial charge is 0.0552 e. The Morgan fingerprint density at radius 2 is 2.42 bits per heavy atom. The quantitative estimate of drug-likeness (QED) is 0.598. The van der Waals surface area contributed by atoms with Crippen LogP contribution in [-0.2, 0) is 16.8 Å². The molecule has 0 nitrogen and oxygen atoms in total. The largest absolute Gasteiger partial charge is 0.0833 e. The predicted molar refractivity (Wildman–Crippen MR) is 53.1 cm³/mol. The first-order valence-electron chi connectivity index (χ1n) is 4.07. The normalized spacial score (nSPS) is 16.2. The Kier molecular flexibility index (Phi) is 6.77. The zero-order chi connectivity index (χ0) is 8.10. The van der Waals surface area contributed by atoms with Crippen molar-refractivity contribution in [1.29, 1.82) is 0 Å². The van der Waals surface area contributed by atoms with Gasteiger partial charge in [-0.1, -0.05) is 37.0 Å². The second-order valence-electron chi connectivity index (χ2n) is 2.94. The van der Waals surface area contributed by atoms with Gasteiger partial charge in [-0.25, -0.2) is 0 Å². The van der Waals surface area contributed by atoms with Crippen molar-refractivity contribution < 1.29 is 16.8 Å². The molecule has 1 rings (SSSR count). The Hall–Kier alpha value is 0.181. The number of rotatable bonds is 4. The van der Waals surface area contributed by atoms with Crippen LogP contribution in [0.4, 0.5) is 0 Å². The van der Waals surface area contributed by atoms with Crippen LogP contribution in [-0.4, -0.2) is 22.0 Å². The first-order chi connectivity index (χ1) is 5.34. The third kappa shape index (κ3) is 3.72. The van der Waals surface area contributed by atoms with Crippen LogP contribution in [0.1, 0.15) is 13.3 Å². The summed E-state index contributed by atoms with van der Waals surface area (Å²) in [5, 5.41) is 0. The SMILES string of the molecule is [B][B][B]CC(C)C1=CC=CC1.[Co]. The van der Waals surface area contributed by atoms with Gasteiger partial charge in [-0.05, 0) is 12.3 Å². The summed E-state index contributed by atoms with van der Waals surface area (Å²) in [6.07, 6.45) is 8.70. The van der Waals surface area contributed by atoms with E-state index in [1.54, 1.807) is 7.06 Å². The van der Waals surface area contributed by atoms with Gasteiger partial charge >= 0.3 is 0 Å². The topological polar surface area (TPSA) is 0 Å². The molecule has 12 heavy (non-hydrogen) atoms. The fourth-order valence-corrected chi connectivity index (χ4v) is 1.26. The molecular weight excluding hydrogens is 187 g/mol. The van der Waals surface area contributed by atoms with Crippen LogP contribution in [0.5, 0.6) is 0 Å². The van der Waals surface area contributed by atoms with Gasteiger partial charge in [0, 0.05) is 31.6 Å². The molecule has 1 unspecified atom stereocenters. The molecule has 0 aromatic heterocycles. The molecule has 0 heterocycles. The molecule has 0 N–H and O–H groups in total. The van der Waals surface area contributed by atoms with Crippen molar-refractivity contribution in [2.24, 2.45) is 5.92 Å². The van der Waals surface area contributed by atoms with E-state index in [1.807, 2.05) is 7.17 Å². The maximum absolute atomic E-state index is 5.26. The summed E-state index contributed by atoms with van der Waals surface area (Å²) >= 11 is 0. The summed E-state index contributed by atoms with van der Waals surface area (Å²) in [7, 11) is 8.90. The second kappa shape index (κ2) is 6.67. The molecule has 1 atom stereocenters. The van der Waals surface area contributed by atoms with E-state index < -0.39 is 0 Å². The first-order valence-corrected chi connectivity index (χ1v) is 4.07. The zero-order valence-corrected chi connectivity index (χ0v) is 8.33. The van der Waals surface area contributed by atoms with Gasteiger partial charge in [0.25, 0.3) is 0 Å². The molecule has 0 spiro atoms. The van der Waals surface area contributed by atoms with Gasteiger partial charge in [0.05, 0.1) is 7.17 Å². The molecule has 4 heteroatoms. The van der Waals surface area contributed by atoms with Crippen LogP contribution in [0, 0.1) is 5.92 Å². The fraction of sp³-hybridized carbons (Fsp3) is 0.500. The molecule has 0 aliphatic heterocycles. The standard InChI is InChI=1S/C8H11B3.Co/c1-7(6-10-11-9)8-4-2-3-5-8;/h2-4,7H,5-6H2,1H3;. The zero-order valence-electron chi connectivity index (χ0n) is 7.29. The van der Waals surface area contributed by atoms with Crippen molar-refractivity contribution in [2.45, 2.75) is 19.7 Å². The first kappa shape index (κ1) is 12.2. The van der Waals surface area contributed by atoms with E-state index in [-0.39, 0.29) is 16.8 Å². The van der Waals surface area contributed by atoms with Crippen LogP contribution >= 0.6 is 0 Å². The van der Waals surface area contributed by atoms with Gasteiger partial charge in [-0.15, -0.1) is 0 Å². The van der Waals surface area contributed by atoms with Crippen LogP contribution < -0.4 is 0 Å². The van der Waals surface area contributed by atoms with Crippen LogP contribution in [0.25, 0.3) is 0 Å². The van der Waals surface area contributed by atoms with Gasteiger partial charge in [-0.2, -0.15) is 0 Å². The molecule has 1 aliphatic carbocycles. The molecule has 61 valence electrons. The van der Waals surface area contributed by atoms with Crippen LogP contribution in [0.2, 0.25) is 6.32 Å². The van der Waals surface area contributed by atoms with Crippen molar-refractivity contribution in [2.75, 3.05) is 0 Å². The fourth-order valence-electron chi connectivity index (χ4n) is 1.26. The Balaban J connectivity index is 0.00000121. The third-order valence-electron chi connectivity index (χ3n) is 2.06. The van der Waals surface area contributed by atoms with E-state index in [0.717, 1.165) is 12.7 Å². The molecule has 0 saturated carbocycles. The van der Waals surface area contributed by atoms with Gasteiger partial charge < -0.3 is 0 Å². The Labute approximate surface area is 88.3 Å². The summed E-state index contributed by atoms with van der Waals surface area (Å²) in [4.78, 5) is 0. The summed E-state index contributed by atoms with van der Waals surface area (Å²) < 4.78 is 0. The van der Waals surface area contributed by atoms with Crippen molar-refractivity contribution in [1.82, 2.24) is 0 Å². The second-order valence-corrected chi connectivity index (χ2v) is 2.94. The predicted octanol–water partition coefficient (Wildman–Crippen LogP) is 1.33. The minimum atomic E-state index is 0. The van der Waals surface area contributed by atoms with Crippen molar-refractivity contribution in [3.63, 3.8) is 0 Å². The maximum Gasteiger partial charge on any atom is 0.0552 e. The Bertz CT molecular complexity index is 177. The monoisotopic (exact) mass is 199 g/mol. The number of allylic oxidation sites excluding steroid dienone is 4. The summed E-state index contributed by atoms with van der Waals surface area (Å²) in [6, 6.07) is 0. The van der Waals surface area contributed by atoms with Gasteiger partial charge in [0.2, 0.25) is 0 Å². The summed E-state index contributed by atoms with van der Waals surface area (Å²) in [6.45, 7) is 2.23. The van der Waals surface area contributed by atoms with Crippen molar-refractivity contribution in [3.8, 4) is 0 Å². The molecule has 0 amide bonds. The minimum Gasteiger partial charge on any atom is -0.0833 e. The molecule has 1 aliphatic rings. The van der Waals surface area contributed by atoms with Gasteiger partial charge in [-0.3, -0.25) is 0 Å². The molecule has 0 aromatic rings. The summed E-state index contributed by atoms with van der Waals surface area (Å²) in [5.74, 6) is 0.643. The summed E-state index contributed by atoms with van der Waals surface area (Å²) in [5.41, 5.74) is 1.52. The van der Waals surface area contributed by atoms with Crippen molar-refractivity contribution in [3.05, 3.63) is 23.8 Å². The maximum atomic E-state index is 5.26. The van der Waals surface area contributed by atoms with E-state index >= 15 is 0 Å². The van der Waals surface area contributed by atoms with Crippen LogP contribution in [0.3, 0.4) is 0 Å². The van der Waals surface area contributed by atoms with E-state index in [2.05, 4.69) is 25.2 Å². The molecule has 5 radical (unpaired) electrons.